The molecule has 2 heterocycles. The molecule has 27 heavy (non-hydrogen) atoms. The summed E-state index contributed by atoms with van der Waals surface area (Å²) >= 11 is 5.97. The molecule has 0 spiro atoms. The van der Waals surface area contributed by atoms with Crippen LogP contribution >= 0.6 is 11.6 Å². The van der Waals surface area contributed by atoms with Crippen LogP contribution in [0.25, 0.3) is 22.3 Å². The third kappa shape index (κ3) is 3.29. The Morgan fingerprint density at radius 2 is 1.74 bits per heavy atom. The number of nitrogens with zero attached hydrogens (tertiary/aromatic N) is 2. The number of pyridine rings is 1. The second-order valence-corrected chi connectivity index (χ2v) is 6.80. The smallest absolute Gasteiger partial charge is 0.273 e. The van der Waals surface area contributed by atoms with E-state index in [-0.39, 0.29) is 0 Å². The molecule has 2 aromatic carbocycles. The van der Waals surface area contributed by atoms with Crippen molar-refractivity contribution in [2.75, 3.05) is 0 Å². The molecule has 0 saturated heterocycles. The molecule has 0 fully saturated rings. The lowest BCUT2D eigenvalue weighted by Gasteiger charge is -2.12. The molecule has 0 aliphatic rings. The van der Waals surface area contributed by atoms with Crippen molar-refractivity contribution in [3.05, 3.63) is 97.7 Å². The molecule has 6 heteroatoms. The highest BCUT2D eigenvalue weighted by atomic mass is 35.5. The van der Waals surface area contributed by atoms with E-state index in [1.807, 2.05) is 55.5 Å². The maximum Gasteiger partial charge on any atom is 0.330 e. The van der Waals surface area contributed by atoms with Crippen LogP contribution in [0, 0.1) is 6.92 Å². The Morgan fingerprint density at radius 1 is 1.04 bits per heavy atom. The summed E-state index contributed by atoms with van der Waals surface area (Å²) in [5.41, 5.74) is 2.73. The minimum absolute atomic E-state index is 0.323. The molecule has 2 aromatic heterocycles. The maximum atomic E-state index is 12.5. The second kappa shape index (κ2) is 6.85. The van der Waals surface area contributed by atoms with Crippen molar-refractivity contribution < 1.29 is 0 Å². The first-order valence-corrected chi connectivity index (χ1v) is 8.85. The molecule has 4 rings (SSSR count). The van der Waals surface area contributed by atoms with Crippen LogP contribution in [0.4, 0.5) is 0 Å². The zero-order valence-corrected chi connectivity index (χ0v) is 15.3. The number of H-pyrrole nitrogens is 1. The van der Waals surface area contributed by atoms with E-state index in [1.54, 1.807) is 12.1 Å². The Hall–Kier alpha value is -3.18. The number of nitrogens with one attached hydrogen (secondary N) is 1. The van der Waals surface area contributed by atoms with Crippen LogP contribution in [0.1, 0.15) is 11.1 Å². The standard InChI is InChI=1S/C21H16ClN3O2/c1-13-11-17(15-7-9-16(22)10-8-15)23-19-18(13)20(26)24-21(27)25(19)12-14-5-3-2-4-6-14/h2-11H,12H2,1H3,(H,24,26,27). The van der Waals surface area contributed by atoms with Crippen molar-refractivity contribution in [3.8, 4) is 11.3 Å². The van der Waals surface area contributed by atoms with E-state index < -0.39 is 11.2 Å². The Kier molecular flexibility index (Phi) is 4.38. The quantitative estimate of drug-likeness (QED) is 0.591. The molecule has 0 aliphatic heterocycles. The number of aromatic nitrogens is 3. The first-order valence-electron chi connectivity index (χ1n) is 8.47. The molecular formula is C21H16ClN3O2. The van der Waals surface area contributed by atoms with E-state index >= 15 is 0 Å². The molecule has 0 aliphatic carbocycles. The second-order valence-electron chi connectivity index (χ2n) is 6.36. The summed E-state index contributed by atoms with van der Waals surface area (Å²) in [5, 5.41) is 1.05. The number of hydrogen-bond acceptors (Lipinski definition) is 3. The lowest BCUT2D eigenvalue weighted by atomic mass is 10.1. The first kappa shape index (κ1) is 17.2. The van der Waals surface area contributed by atoms with Gasteiger partial charge in [-0.05, 0) is 36.2 Å². The molecule has 0 bridgehead atoms. The van der Waals surface area contributed by atoms with Crippen molar-refractivity contribution in [3.63, 3.8) is 0 Å². The van der Waals surface area contributed by atoms with Gasteiger partial charge in [-0.2, -0.15) is 0 Å². The zero-order chi connectivity index (χ0) is 19.0. The van der Waals surface area contributed by atoms with Gasteiger partial charge < -0.3 is 0 Å². The van der Waals surface area contributed by atoms with Crippen LogP contribution in [-0.2, 0) is 6.54 Å². The number of hydrogen-bond donors (Lipinski definition) is 1. The summed E-state index contributed by atoms with van der Waals surface area (Å²) in [6.07, 6.45) is 0. The van der Waals surface area contributed by atoms with Crippen LogP contribution in [0.5, 0.6) is 0 Å². The van der Waals surface area contributed by atoms with E-state index in [4.69, 9.17) is 11.6 Å². The average molecular weight is 378 g/mol. The van der Waals surface area contributed by atoms with Gasteiger partial charge in [0, 0.05) is 10.6 Å². The van der Waals surface area contributed by atoms with Gasteiger partial charge in [0.25, 0.3) is 5.56 Å². The van der Waals surface area contributed by atoms with E-state index in [0.29, 0.717) is 28.3 Å². The highest BCUT2D eigenvalue weighted by Gasteiger charge is 2.14. The molecule has 4 aromatic rings. The Balaban J connectivity index is 1.98. The molecule has 1 N–H and O–H groups in total. The zero-order valence-electron chi connectivity index (χ0n) is 14.6. The highest BCUT2D eigenvalue weighted by molar-refractivity contribution is 6.30. The maximum absolute atomic E-state index is 12.5. The lowest BCUT2D eigenvalue weighted by molar-refractivity contribution is 0.746. The van der Waals surface area contributed by atoms with E-state index in [2.05, 4.69) is 9.97 Å². The largest absolute Gasteiger partial charge is 0.330 e. The van der Waals surface area contributed by atoms with Crippen LogP contribution in [0.2, 0.25) is 5.02 Å². The van der Waals surface area contributed by atoms with Crippen LogP contribution in [-0.4, -0.2) is 14.5 Å². The number of aromatic amines is 1. The molecule has 0 unspecified atom stereocenters. The molecule has 0 radical (unpaired) electrons. The van der Waals surface area contributed by atoms with E-state index in [0.717, 1.165) is 16.7 Å². The predicted octanol–water partition coefficient (Wildman–Crippen LogP) is 3.76. The van der Waals surface area contributed by atoms with Gasteiger partial charge >= 0.3 is 5.69 Å². The summed E-state index contributed by atoms with van der Waals surface area (Å²) < 4.78 is 1.50. The minimum atomic E-state index is -0.475. The van der Waals surface area contributed by atoms with Crippen molar-refractivity contribution in [1.29, 1.82) is 0 Å². The van der Waals surface area contributed by atoms with Gasteiger partial charge in [0.15, 0.2) is 5.65 Å². The summed E-state index contributed by atoms with van der Waals surface area (Å²) in [7, 11) is 0. The Morgan fingerprint density at radius 3 is 2.44 bits per heavy atom. The van der Waals surface area contributed by atoms with Gasteiger partial charge in [-0.25, -0.2) is 9.78 Å². The molecular weight excluding hydrogens is 362 g/mol. The van der Waals surface area contributed by atoms with Crippen molar-refractivity contribution in [1.82, 2.24) is 14.5 Å². The minimum Gasteiger partial charge on any atom is -0.273 e. The summed E-state index contributed by atoms with van der Waals surface area (Å²) in [6, 6.07) is 18.7. The van der Waals surface area contributed by atoms with Crippen molar-refractivity contribution >= 4 is 22.6 Å². The molecule has 0 atom stereocenters. The topological polar surface area (TPSA) is 67.8 Å². The van der Waals surface area contributed by atoms with Gasteiger partial charge in [-0.3, -0.25) is 14.3 Å². The fourth-order valence-electron chi connectivity index (χ4n) is 3.14. The Labute approximate surface area is 159 Å². The summed E-state index contributed by atoms with van der Waals surface area (Å²) in [5.74, 6) is 0. The van der Waals surface area contributed by atoms with Crippen molar-refractivity contribution in [2.45, 2.75) is 13.5 Å². The van der Waals surface area contributed by atoms with Gasteiger partial charge in [0.1, 0.15) is 0 Å². The molecule has 134 valence electrons. The number of rotatable bonds is 3. The van der Waals surface area contributed by atoms with Crippen molar-refractivity contribution in [2.24, 2.45) is 0 Å². The van der Waals surface area contributed by atoms with Crippen LogP contribution in [0.3, 0.4) is 0 Å². The fraction of sp³-hybridized carbons (Fsp3) is 0.0952. The monoisotopic (exact) mass is 377 g/mol. The number of fused-ring (bicyclic) bond motifs is 1. The summed E-state index contributed by atoms with van der Waals surface area (Å²) in [4.78, 5) is 32.0. The average Bonchev–Trinajstić information content (AvgIpc) is 2.66. The normalized spacial score (nSPS) is 11.0. The molecule has 0 amide bonds. The molecule has 0 saturated carbocycles. The summed E-state index contributed by atoms with van der Waals surface area (Å²) in [6.45, 7) is 2.17. The van der Waals surface area contributed by atoms with E-state index in [9.17, 15) is 9.59 Å². The predicted molar refractivity (Wildman–Crippen MR) is 107 cm³/mol. The van der Waals surface area contributed by atoms with Gasteiger partial charge in [0.05, 0.1) is 17.6 Å². The van der Waals surface area contributed by atoms with Crippen LogP contribution in [0.15, 0.2) is 70.3 Å². The third-order valence-electron chi connectivity index (χ3n) is 4.47. The fourth-order valence-corrected chi connectivity index (χ4v) is 3.26. The van der Waals surface area contributed by atoms with Crippen LogP contribution < -0.4 is 11.2 Å². The van der Waals surface area contributed by atoms with Gasteiger partial charge in [0.2, 0.25) is 0 Å². The third-order valence-corrected chi connectivity index (χ3v) is 4.72. The number of halogens is 1. The van der Waals surface area contributed by atoms with E-state index in [1.165, 1.54) is 4.57 Å². The van der Waals surface area contributed by atoms with Gasteiger partial charge in [-0.15, -0.1) is 0 Å². The number of aryl methyl sites for hydroxylation is 1. The number of benzene rings is 2. The van der Waals surface area contributed by atoms with Gasteiger partial charge in [-0.1, -0.05) is 54.1 Å². The molecule has 5 nitrogen and oxygen atoms in total. The SMILES string of the molecule is Cc1cc(-c2ccc(Cl)cc2)nc2c1c(=O)[nH]c(=O)n2Cc1ccccc1. The Bertz CT molecular complexity index is 1240. The lowest BCUT2D eigenvalue weighted by Crippen LogP contribution is -2.31. The first-order chi connectivity index (χ1) is 13.0. The highest BCUT2D eigenvalue weighted by Crippen LogP contribution is 2.23.